The number of imidazole rings is 1. The van der Waals surface area contributed by atoms with E-state index in [0.29, 0.717) is 0 Å². The zero-order valence-corrected chi connectivity index (χ0v) is 9.23. The molecule has 0 fully saturated rings. The Bertz CT molecular complexity index is 634. The van der Waals surface area contributed by atoms with Crippen molar-refractivity contribution in [2.24, 2.45) is 7.05 Å². The molecule has 1 N–H and O–H groups in total. The number of hydrogen-bond acceptors (Lipinski definition) is 2. The van der Waals surface area contributed by atoms with Crippen LogP contribution in [0.5, 0.6) is 0 Å². The summed E-state index contributed by atoms with van der Waals surface area (Å²) in [5.41, 5.74) is 4.31. The maximum atomic E-state index is 4.51. The summed E-state index contributed by atoms with van der Waals surface area (Å²) < 4.78 is 2.09. The zero-order valence-electron chi connectivity index (χ0n) is 9.23. The van der Waals surface area contributed by atoms with Gasteiger partial charge in [0.25, 0.3) is 0 Å². The summed E-state index contributed by atoms with van der Waals surface area (Å²) >= 11 is 0. The van der Waals surface area contributed by atoms with Gasteiger partial charge in [-0.3, -0.25) is 5.10 Å². The quantitative estimate of drug-likeness (QED) is 0.672. The van der Waals surface area contributed by atoms with Gasteiger partial charge in [0.1, 0.15) is 5.82 Å². The van der Waals surface area contributed by atoms with Crippen molar-refractivity contribution in [2.75, 3.05) is 0 Å². The SMILES string of the molecule is Cc1nc2cc(-c3ccn[nH]3)ccc2n1C. The zero-order chi connectivity index (χ0) is 11.1. The van der Waals surface area contributed by atoms with Crippen molar-refractivity contribution in [3.63, 3.8) is 0 Å². The van der Waals surface area contributed by atoms with E-state index in [1.165, 1.54) is 0 Å². The number of fused-ring (bicyclic) bond motifs is 1. The fourth-order valence-corrected chi connectivity index (χ4v) is 1.90. The smallest absolute Gasteiger partial charge is 0.106 e. The highest BCUT2D eigenvalue weighted by Gasteiger charge is 2.06. The lowest BCUT2D eigenvalue weighted by Crippen LogP contribution is -1.89. The molecule has 0 saturated heterocycles. The number of aromatic amines is 1. The Morgan fingerprint density at radius 3 is 2.88 bits per heavy atom. The molecule has 16 heavy (non-hydrogen) atoms. The molecule has 2 aromatic heterocycles. The van der Waals surface area contributed by atoms with Crippen LogP contribution in [0.1, 0.15) is 5.82 Å². The van der Waals surface area contributed by atoms with E-state index in [-0.39, 0.29) is 0 Å². The lowest BCUT2D eigenvalue weighted by Gasteiger charge is -1.98. The molecule has 2 heterocycles. The van der Waals surface area contributed by atoms with E-state index in [1.807, 2.05) is 20.0 Å². The third kappa shape index (κ3) is 1.23. The maximum absolute atomic E-state index is 4.51. The third-order valence-corrected chi connectivity index (χ3v) is 2.92. The molecule has 3 aromatic rings. The molecule has 3 rings (SSSR count). The normalized spacial score (nSPS) is 11.1. The third-order valence-electron chi connectivity index (χ3n) is 2.92. The monoisotopic (exact) mass is 212 g/mol. The molecule has 0 atom stereocenters. The van der Waals surface area contributed by atoms with Crippen LogP contribution < -0.4 is 0 Å². The van der Waals surface area contributed by atoms with Gasteiger partial charge in [0.15, 0.2) is 0 Å². The number of nitrogens with zero attached hydrogens (tertiary/aromatic N) is 3. The van der Waals surface area contributed by atoms with Gasteiger partial charge in [-0.25, -0.2) is 4.98 Å². The van der Waals surface area contributed by atoms with Gasteiger partial charge in [-0.1, -0.05) is 6.07 Å². The topological polar surface area (TPSA) is 46.5 Å². The first-order valence-corrected chi connectivity index (χ1v) is 5.18. The van der Waals surface area contributed by atoms with Crippen LogP contribution in [0, 0.1) is 6.92 Å². The molecule has 1 aromatic carbocycles. The molecule has 0 aliphatic rings. The van der Waals surface area contributed by atoms with Crippen molar-refractivity contribution < 1.29 is 0 Å². The van der Waals surface area contributed by atoms with E-state index < -0.39 is 0 Å². The van der Waals surface area contributed by atoms with Crippen molar-refractivity contribution in [1.29, 1.82) is 0 Å². The van der Waals surface area contributed by atoms with Crippen LogP contribution in [0.15, 0.2) is 30.5 Å². The van der Waals surface area contributed by atoms with Crippen molar-refractivity contribution in [2.45, 2.75) is 6.92 Å². The minimum absolute atomic E-state index is 1.02. The first-order valence-electron chi connectivity index (χ1n) is 5.18. The van der Waals surface area contributed by atoms with Gasteiger partial charge in [0, 0.05) is 18.8 Å². The highest BCUT2D eigenvalue weighted by atomic mass is 15.1. The summed E-state index contributed by atoms with van der Waals surface area (Å²) in [7, 11) is 2.03. The molecule has 0 spiro atoms. The Morgan fingerprint density at radius 1 is 1.25 bits per heavy atom. The number of rotatable bonds is 1. The number of benzene rings is 1. The number of H-pyrrole nitrogens is 1. The van der Waals surface area contributed by atoms with Crippen LogP contribution in [0.25, 0.3) is 22.3 Å². The van der Waals surface area contributed by atoms with Crippen LogP contribution in [-0.4, -0.2) is 19.7 Å². The van der Waals surface area contributed by atoms with Crippen molar-refractivity contribution in [3.05, 3.63) is 36.3 Å². The van der Waals surface area contributed by atoms with Crippen LogP contribution in [0.3, 0.4) is 0 Å². The van der Waals surface area contributed by atoms with Gasteiger partial charge in [-0.05, 0) is 25.1 Å². The van der Waals surface area contributed by atoms with Gasteiger partial charge in [0.2, 0.25) is 0 Å². The van der Waals surface area contributed by atoms with E-state index in [9.17, 15) is 0 Å². The van der Waals surface area contributed by atoms with E-state index in [1.54, 1.807) is 6.20 Å². The fourth-order valence-electron chi connectivity index (χ4n) is 1.90. The Morgan fingerprint density at radius 2 is 2.12 bits per heavy atom. The second-order valence-electron chi connectivity index (χ2n) is 3.89. The summed E-state index contributed by atoms with van der Waals surface area (Å²) in [6.45, 7) is 2.01. The van der Waals surface area contributed by atoms with Gasteiger partial charge >= 0.3 is 0 Å². The molecule has 0 amide bonds. The first-order chi connectivity index (χ1) is 7.75. The Hall–Kier alpha value is -2.10. The summed E-state index contributed by atoms with van der Waals surface area (Å²) in [4.78, 5) is 4.51. The second kappa shape index (κ2) is 3.20. The number of aryl methyl sites for hydroxylation is 2. The minimum atomic E-state index is 1.02. The molecule has 80 valence electrons. The van der Waals surface area contributed by atoms with Crippen LogP contribution in [0.2, 0.25) is 0 Å². The molecule has 0 aliphatic heterocycles. The predicted octanol–water partition coefficient (Wildman–Crippen LogP) is 2.27. The first kappa shape index (κ1) is 9.15. The average Bonchev–Trinajstić information content (AvgIpc) is 2.88. The molecular formula is C12H12N4. The fraction of sp³-hybridized carbons (Fsp3) is 0.167. The Balaban J connectivity index is 2.24. The molecule has 0 bridgehead atoms. The largest absolute Gasteiger partial charge is 0.331 e. The van der Waals surface area contributed by atoms with Crippen LogP contribution >= 0.6 is 0 Å². The molecule has 4 nitrogen and oxygen atoms in total. The highest BCUT2D eigenvalue weighted by molar-refractivity contribution is 5.81. The van der Waals surface area contributed by atoms with Crippen LogP contribution in [-0.2, 0) is 7.05 Å². The number of aromatic nitrogens is 4. The standard InChI is InChI=1S/C12H12N4/c1-8-14-11-7-9(10-5-6-13-15-10)3-4-12(11)16(8)2/h3-7H,1-2H3,(H,13,15). The van der Waals surface area contributed by atoms with Gasteiger partial charge in [-0.15, -0.1) is 0 Å². The predicted molar refractivity (Wildman–Crippen MR) is 63.0 cm³/mol. The summed E-state index contributed by atoms with van der Waals surface area (Å²) in [6, 6.07) is 8.20. The molecule has 0 radical (unpaired) electrons. The molecular weight excluding hydrogens is 200 g/mol. The lowest BCUT2D eigenvalue weighted by atomic mass is 10.1. The molecule has 0 saturated carbocycles. The van der Waals surface area contributed by atoms with E-state index >= 15 is 0 Å². The van der Waals surface area contributed by atoms with Gasteiger partial charge < -0.3 is 4.57 Å². The van der Waals surface area contributed by atoms with Crippen molar-refractivity contribution in [1.82, 2.24) is 19.7 Å². The van der Waals surface area contributed by atoms with Crippen molar-refractivity contribution in [3.8, 4) is 11.3 Å². The van der Waals surface area contributed by atoms with Crippen LogP contribution in [0.4, 0.5) is 0 Å². The summed E-state index contributed by atoms with van der Waals surface area (Å²) in [5.74, 6) is 1.02. The number of hydrogen-bond donors (Lipinski definition) is 1. The highest BCUT2D eigenvalue weighted by Crippen LogP contribution is 2.22. The summed E-state index contributed by atoms with van der Waals surface area (Å²) in [5, 5.41) is 6.91. The summed E-state index contributed by atoms with van der Waals surface area (Å²) in [6.07, 6.45) is 1.75. The number of nitrogens with one attached hydrogen (secondary N) is 1. The van der Waals surface area contributed by atoms with Crippen molar-refractivity contribution >= 4 is 11.0 Å². The van der Waals surface area contributed by atoms with Gasteiger partial charge in [0.05, 0.1) is 16.7 Å². The Labute approximate surface area is 92.9 Å². The molecule has 0 aliphatic carbocycles. The van der Waals surface area contributed by atoms with Gasteiger partial charge in [-0.2, -0.15) is 5.10 Å². The minimum Gasteiger partial charge on any atom is -0.331 e. The van der Waals surface area contributed by atoms with E-state index in [4.69, 9.17) is 0 Å². The maximum Gasteiger partial charge on any atom is 0.106 e. The molecule has 4 heteroatoms. The van der Waals surface area contributed by atoms with E-state index in [2.05, 4.69) is 37.9 Å². The average molecular weight is 212 g/mol. The van der Waals surface area contributed by atoms with E-state index in [0.717, 1.165) is 28.1 Å². The molecule has 0 unspecified atom stereocenters. The lowest BCUT2D eigenvalue weighted by molar-refractivity contribution is 0.886. The Kier molecular flexibility index (Phi) is 1.83. The second-order valence-corrected chi connectivity index (χ2v) is 3.89.